The molecule has 0 saturated carbocycles. The molecule has 3 heterocycles. The average molecular weight is 490 g/mol. The Balaban J connectivity index is 1.84. The van der Waals surface area contributed by atoms with Crippen LogP contribution in [-0.2, 0) is 4.79 Å². The first-order valence-corrected chi connectivity index (χ1v) is 11.7. The third kappa shape index (κ3) is 4.73. The van der Waals surface area contributed by atoms with Gasteiger partial charge in [0.1, 0.15) is 0 Å². The zero-order chi connectivity index (χ0) is 24.3. The van der Waals surface area contributed by atoms with Gasteiger partial charge in [-0.3, -0.25) is 14.9 Å². The maximum atomic E-state index is 13.7. The second kappa shape index (κ2) is 9.79. The van der Waals surface area contributed by atoms with Gasteiger partial charge >= 0.3 is 17.5 Å². The molecule has 1 aromatic carbocycles. The maximum Gasteiger partial charge on any atom is 0.392 e. The Morgan fingerprint density at radius 3 is 2.47 bits per heavy atom. The molecule has 0 aliphatic carbocycles. The number of carboxylic acids is 1. The number of carbonyl (C=O) groups excluding carboxylic acids is 1. The van der Waals surface area contributed by atoms with Crippen molar-refractivity contribution in [3.8, 4) is 0 Å². The number of aromatic nitrogens is 2. The molecule has 2 aromatic rings. The molecule has 4 rings (SSSR count). The summed E-state index contributed by atoms with van der Waals surface area (Å²) in [5.41, 5.74) is -0.568. The number of thioether (sulfide) groups is 1. The second-order valence-corrected chi connectivity index (χ2v) is 9.08. The van der Waals surface area contributed by atoms with Crippen molar-refractivity contribution < 1.29 is 19.6 Å². The van der Waals surface area contributed by atoms with Gasteiger partial charge in [0.25, 0.3) is 0 Å². The van der Waals surface area contributed by atoms with E-state index < -0.39 is 21.2 Å². The fraction of sp³-hybridized carbons (Fsp3) is 0.400. The highest BCUT2D eigenvalue weighted by atomic mass is 32.2. The summed E-state index contributed by atoms with van der Waals surface area (Å²) in [6.45, 7) is 1.83. The van der Waals surface area contributed by atoms with Gasteiger partial charge in [0, 0.05) is 37.7 Å². The summed E-state index contributed by atoms with van der Waals surface area (Å²) in [4.78, 5) is 46.3. The number of hydrogen-bond donors (Lipinski definition) is 2. The Kier molecular flexibility index (Phi) is 6.81. The van der Waals surface area contributed by atoms with E-state index in [9.17, 15) is 30.0 Å². The van der Waals surface area contributed by atoms with Crippen LogP contribution in [-0.4, -0.2) is 88.1 Å². The average Bonchev–Trinajstić information content (AvgIpc) is 2.84. The van der Waals surface area contributed by atoms with Crippen LogP contribution < -0.4 is 14.9 Å². The van der Waals surface area contributed by atoms with Crippen LogP contribution in [0.1, 0.15) is 10.4 Å². The number of amides is 1. The van der Waals surface area contributed by atoms with Crippen LogP contribution in [0.5, 0.6) is 0 Å². The van der Waals surface area contributed by atoms with Crippen molar-refractivity contribution in [2.45, 2.75) is 0 Å². The number of anilines is 3. The highest BCUT2D eigenvalue weighted by Gasteiger charge is 2.39. The van der Waals surface area contributed by atoms with Crippen molar-refractivity contribution >= 4 is 53.1 Å². The molecule has 34 heavy (non-hydrogen) atoms. The van der Waals surface area contributed by atoms with Crippen LogP contribution >= 0.6 is 11.8 Å². The zero-order valence-corrected chi connectivity index (χ0v) is 18.9. The molecule has 2 aliphatic heterocycles. The smallest absolute Gasteiger partial charge is 0.392 e. The first-order valence-electron chi connectivity index (χ1n) is 10.6. The lowest BCUT2D eigenvalue weighted by Gasteiger charge is -2.43. The summed E-state index contributed by atoms with van der Waals surface area (Å²) < 4.78 is -0.970. The van der Waals surface area contributed by atoms with Gasteiger partial charge in [-0.15, -0.1) is 0 Å². The molecule has 2 saturated heterocycles. The number of aromatic carboxylic acids is 1. The molecule has 0 bridgehead atoms. The first kappa shape index (κ1) is 23.7. The second-order valence-electron chi connectivity index (χ2n) is 7.85. The summed E-state index contributed by atoms with van der Waals surface area (Å²) in [7, 11) is 0. The largest absolute Gasteiger partial charge is 0.626 e. The van der Waals surface area contributed by atoms with Gasteiger partial charge in [0.2, 0.25) is 18.2 Å². The summed E-state index contributed by atoms with van der Waals surface area (Å²) in [5.74, 6) is -0.546. The van der Waals surface area contributed by atoms with Crippen LogP contribution in [0.4, 0.5) is 29.0 Å². The molecule has 2 N–H and O–H groups in total. The van der Waals surface area contributed by atoms with Crippen molar-refractivity contribution in [1.82, 2.24) is 19.5 Å². The van der Waals surface area contributed by atoms with Gasteiger partial charge in [0.15, 0.2) is 0 Å². The number of para-hydroxylation sites is 1. The van der Waals surface area contributed by atoms with Gasteiger partial charge in [-0.2, -0.15) is 21.7 Å². The summed E-state index contributed by atoms with van der Waals surface area (Å²) in [6, 6.07) is 5.96. The summed E-state index contributed by atoms with van der Waals surface area (Å²) in [6.07, 6.45) is 0.749. The number of hydrogen-bond acceptors (Lipinski definition) is 10. The predicted molar refractivity (Wildman–Crippen MR) is 127 cm³/mol. The molecule has 0 radical (unpaired) electrons. The van der Waals surface area contributed by atoms with Crippen molar-refractivity contribution in [1.29, 1.82) is 0 Å². The van der Waals surface area contributed by atoms with Crippen LogP contribution in [0.15, 0.2) is 24.3 Å². The van der Waals surface area contributed by atoms with E-state index in [-0.39, 0.29) is 41.9 Å². The molecule has 13 nitrogen and oxygen atoms in total. The number of nitrogens with zero attached hydrogens (tertiary/aromatic N) is 6. The zero-order valence-electron chi connectivity index (χ0n) is 18.1. The lowest BCUT2D eigenvalue weighted by Crippen LogP contribution is -2.51. The number of carbonyl (C=O) groups is 2. The molecule has 0 spiro atoms. The fourth-order valence-electron chi connectivity index (χ4n) is 3.90. The molecular weight excluding hydrogens is 466 g/mol. The predicted octanol–water partition coefficient (Wildman–Crippen LogP) is 1.66. The number of benzene rings is 1. The number of rotatable bonds is 7. The van der Waals surface area contributed by atoms with Gasteiger partial charge in [-0.05, 0) is 12.1 Å². The van der Waals surface area contributed by atoms with Gasteiger partial charge in [0.05, 0.1) is 29.3 Å². The van der Waals surface area contributed by atoms with E-state index in [0.29, 0.717) is 37.7 Å². The third-order valence-corrected chi connectivity index (χ3v) is 6.72. The third-order valence-electron chi connectivity index (χ3n) is 5.77. The minimum atomic E-state index is -1.22. The maximum absolute atomic E-state index is 13.7. The Labute approximate surface area is 198 Å². The quantitative estimate of drug-likeness (QED) is 0.191. The Morgan fingerprint density at radius 2 is 1.85 bits per heavy atom. The molecule has 2 fully saturated rings. The minimum absolute atomic E-state index is 0.0986. The fourth-order valence-corrected chi connectivity index (χ4v) is 4.95. The number of hydroxylamine groups is 2. The molecular formula is C20H23N7O6S. The molecule has 0 unspecified atom stereocenters. The Morgan fingerprint density at radius 1 is 1.18 bits per heavy atom. The molecule has 1 amide bonds. The summed E-state index contributed by atoms with van der Waals surface area (Å²) >= 11 is 1.59. The van der Waals surface area contributed by atoms with E-state index in [1.807, 2.05) is 0 Å². The van der Waals surface area contributed by atoms with Crippen molar-refractivity contribution in [3.63, 3.8) is 0 Å². The van der Waals surface area contributed by atoms with E-state index in [1.54, 1.807) is 27.6 Å². The molecule has 1 aromatic heterocycles. The van der Waals surface area contributed by atoms with Gasteiger partial charge < -0.3 is 30.1 Å². The topological polar surface area (TPSA) is 165 Å². The summed E-state index contributed by atoms with van der Waals surface area (Å²) in [5, 5.41) is 38.2. The molecule has 14 heteroatoms. The first-order chi connectivity index (χ1) is 16.3. The lowest BCUT2D eigenvalue weighted by atomic mass is 10.2. The number of carboxylic acid groups (broad SMARTS) is 1. The van der Waals surface area contributed by atoms with Crippen molar-refractivity contribution in [3.05, 3.63) is 45.2 Å². The minimum Gasteiger partial charge on any atom is -0.626 e. The van der Waals surface area contributed by atoms with Crippen LogP contribution in [0.25, 0.3) is 0 Å². The highest BCUT2D eigenvalue weighted by Crippen LogP contribution is 2.40. The standard InChI is InChI=1S/C20H23N7O6S/c28-13-24-5-7-25(8-6-24)20-22-17(21-15-4-2-1-3-14(15)19(29)30)16(26(31)32)18(23-20)27(33)9-11-34-12-10-27/h1-4,13H,5-12H2,(H,29,30)(H,21,22,23). The van der Waals surface area contributed by atoms with E-state index >= 15 is 0 Å². The number of nitro groups is 1. The van der Waals surface area contributed by atoms with Crippen LogP contribution in [0, 0.1) is 15.3 Å². The highest BCUT2D eigenvalue weighted by molar-refractivity contribution is 7.99. The van der Waals surface area contributed by atoms with Gasteiger partial charge in [-0.25, -0.2) is 4.79 Å². The van der Waals surface area contributed by atoms with E-state index in [4.69, 9.17) is 0 Å². The lowest BCUT2D eigenvalue weighted by molar-refractivity contribution is -0.384. The Bertz CT molecular complexity index is 1100. The monoisotopic (exact) mass is 489 g/mol. The molecule has 0 atom stereocenters. The Hall–Kier alpha value is -3.49. The van der Waals surface area contributed by atoms with E-state index in [0.717, 1.165) is 6.41 Å². The van der Waals surface area contributed by atoms with Gasteiger partial charge in [-0.1, -0.05) is 12.1 Å². The van der Waals surface area contributed by atoms with Crippen molar-refractivity contribution in [2.75, 3.05) is 61.0 Å². The van der Waals surface area contributed by atoms with E-state index in [1.165, 1.54) is 18.2 Å². The number of nitrogens with one attached hydrogen (secondary N) is 1. The number of quaternary nitrogens is 1. The van der Waals surface area contributed by atoms with Crippen LogP contribution in [0.2, 0.25) is 0 Å². The molecule has 180 valence electrons. The number of piperazine rings is 1. The van der Waals surface area contributed by atoms with E-state index in [2.05, 4.69) is 15.3 Å². The van der Waals surface area contributed by atoms with Crippen molar-refractivity contribution in [2.24, 2.45) is 0 Å². The molecule has 2 aliphatic rings. The SMILES string of the molecule is O=CN1CCN(c2nc(Nc3ccccc3C(=O)O)c([N+](=O)[O-])c([N+]3([O-])CCSCC3)n2)CC1. The normalized spacial score (nSPS) is 17.8. The van der Waals surface area contributed by atoms with Crippen LogP contribution in [0.3, 0.4) is 0 Å².